The molecule has 1 heterocycles. The van der Waals surface area contributed by atoms with Crippen LogP contribution in [0.15, 0.2) is 18.2 Å². The van der Waals surface area contributed by atoms with Crippen molar-refractivity contribution in [1.29, 1.82) is 0 Å². The van der Waals surface area contributed by atoms with Gasteiger partial charge in [-0.05, 0) is 31.5 Å². The van der Waals surface area contributed by atoms with E-state index in [2.05, 4.69) is 5.32 Å². The second kappa shape index (κ2) is 5.16. The van der Waals surface area contributed by atoms with Crippen molar-refractivity contribution in [2.75, 3.05) is 13.1 Å². The number of carbonyl (C=O) groups is 1. The fourth-order valence-electron chi connectivity index (χ4n) is 2.48. The molecule has 20 heavy (non-hydrogen) atoms. The standard InChI is InChI=1S/C14H15F4NO/c1-13(5-2-6-19-8-13)12(20)9-3-4-10(11(15)7-9)14(16,17)18/h3-4,7,19H,2,5-6,8H2,1H3. The molecule has 1 aliphatic heterocycles. The largest absolute Gasteiger partial charge is 0.419 e. The molecule has 0 aliphatic carbocycles. The summed E-state index contributed by atoms with van der Waals surface area (Å²) >= 11 is 0. The third-order valence-corrected chi connectivity index (χ3v) is 3.68. The molecule has 1 N–H and O–H groups in total. The van der Waals surface area contributed by atoms with Crippen LogP contribution in [0.2, 0.25) is 0 Å². The van der Waals surface area contributed by atoms with Crippen molar-refractivity contribution in [3.8, 4) is 0 Å². The van der Waals surface area contributed by atoms with Gasteiger partial charge in [0.2, 0.25) is 0 Å². The highest BCUT2D eigenvalue weighted by Crippen LogP contribution is 2.34. The molecule has 0 radical (unpaired) electrons. The maximum absolute atomic E-state index is 13.5. The van der Waals surface area contributed by atoms with Crippen molar-refractivity contribution in [1.82, 2.24) is 5.32 Å². The SMILES string of the molecule is CC1(C(=O)c2ccc(C(F)(F)F)c(F)c2)CCCNC1. The van der Waals surface area contributed by atoms with Crippen molar-refractivity contribution in [3.05, 3.63) is 35.1 Å². The number of carbonyl (C=O) groups excluding carboxylic acids is 1. The molecule has 0 aromatic heterocycles. The van der Waals surface area contributed by atoms with Crippen LogP contribution in [0, 0.1) is 11.2 Å². The Morgan fingerprint density at radius 1 is 1.35 bits per heavy atom. The van der Waals surface area contributed by atoms with Crippen LogP contribution in [-0.4, -0.2) is 18.9 Å². The van der Waals surface area contributed by atoms with Gasteiger partial charge in [0, 0.05) is 17.5 Å². The van der Waals surface area contributed by atoms with Gasteiger partial charge >= 0.3 is 6.18 Å². The molecule has 2 nitrogen and oxygen atoms in total. The van der Waals surface area contributed by atoms with E-state index in [0.717, 1.165) is 19.0 Å². The first-order chi connectivity index (χ1) is 9.24. The summed E-state index contributed by atoms with van der Waals surface area (Å²) in [6.45, 7) is 3.01. The highest BCUT2D eigenvalue weighted by atomic mass is 19.4. The van der Waals surface area contributed by atoms with E-state index in [0.29, 0.717) is 25.1 Å². The third-order valence-electron chi connectivity index (χ3n) is 3.68. The Bertz CT molecular complexity index is 518. The van der Waals surface area contributed by atoms with Gasteiger partial charge in [-0.25, -0.2) is 4.39 Å². The molecule has 6 heteroatoms. The Morgan fingerprint density at radius 2 is 2.05 bits per heavy atom. The molecule has 0 amide bonds. The number of Topliss-reactive ketones (excluding diaryl/α,β-unsaturated/α-hetero) is 1. The topological polar surface area (TPSA) is 29.1 Å². The van der Waals surface area contributed by atoms with Gasteiger partial charge in [-0.3, -0.25) is 4.79 Å². The minimum Gasteiger partial charge on any atom is -0.316 e. The molecule has 0 bridgehead atoms. The number of hydrogen-bond acceptors (Lipinski definition) is 2. The number of piperidine rings is 1. The van der Waals surface area contributed by atoms with Crippen LogP contribution in [0.1, 0.15) is 35.7 Å². The Balaban J connectivity index is 2.30. The van der Waals surface area contributed by atoms with Crippen LogP contribution in [0.25, 0.3) is 0 Å². The zero-order valence-electron chi connectivity index (χ0n) is 11.0. The summed E-state index contributed by atoms with van der Waals surface area (Å²) in [6.07, 6.45) is -3.30. The number of benzene rings is 1. The van der Waals surface area contributed by atoms with Gasteiger partial charge in [0.15, 0.2) is 5.78 Å². The summed E-state index contributed by atoms with van der Waals surface area (Å²) in [5.74, 6) is -1.73. The van der Waals surface area contributed by atoms with Crippen molar-refractivity contribution >= 4 is 5.78 Å². The monoisotopic (exact) mass is 289 g/mol. The summed E-state index contributed by atoms with van der Waals surface area (Å²) in [6, 6.07) is 2.36. The van der Waals surface area contributed by atoms with Crippen LogP contribution in [-0.2, 0) is 6.18 Å². The van der Waals surface area contributed by atoms with E-state index in [1.54, 1.807) is 6.92 Å². The fraction of sp³-hybridized carbons (Fsp3) is 0.500. The molecular weight excluding hydrogens is 274 g/mol. The van der Waals surface area contributed by atoms with E-state index < -0.39 is 23.0 Å². The summed E-state index contributed by atoms with van der Waals surface area (Å²) in [5, 5.41) is 3.08. The number of nitrogens with one attached hydrogen (secondary N) is 1. The van der Waals surface area contributed by atoms with E-state index in [9.17, 15) is 22.4 Å². The first-order valence-electron chi connectivity index (χ1n) is 6.36. The minimum atomic E-state index is -4.75. The van der Waals surface area contributed by atoms with E-state index in [-0.39, 0.29) is 11.3 Å². The first-order valence-corrected chi connectivity index (χ1v) is 6.36. The minimum absolute atomic E-state index is 0.0123. The lowest BCUT2D eigenvalue weighted by Crippen LogP contribution is -2.43. The number of alkyl halides is 3. The molecule has 1 saturated heterocycles. The van der Waals surface area contributed by atoms with Gasteiger partial charge in [-0.2, -0.15) is 13.2 Å². The summed E-state index contributed by atoms with van der Waals surface area (Å²) in [5.41, 5.74) is -2.05. The van der Waals surface area contributed by atoms with Gasteiger partial charge in [0.25, 0.3) is 0 Å². The molecule has 1 unspecified atom stereocenters. The molecule has 1 aromatic carbocycles. The maximum atomic E-state index is 13.5. The number of hydrogen-bond donors (Lipinski definition) is 1. The van der Waals surface area contributed by atoms with Crippen LogP contribution in [0.4, 0.5) is 17.6 Å². The second-order valence-corrected chi connectivity index (χ2v) is 5.36. The second-order valence-electron chi connectivity index (χ2n) is 5.36. The Labute approximate surface area is 114 Å². The van der Waals surface area contributed by atoms with Crippen LogP contribution in [0.3, 0.4) is 0 Å². The zero-order valence-corrected chi connectivity index (χ0v) is 11.0. The molecule has 1 aromatic rings. The fourth-order valence-corrected chi connectivity index (χ4v) is 2.48. The Kier molecular flexibility index (Phi) is 3.86. The van der Waals surface area contributed by atoms with E-state index in [1.165, 1.54) is 0 Å². The predicted octanol–water partition coefficient (Wildman–Crippen LogP) is 3.42. The third kappa shape index (κ3) is 2.85. The molecule has 2 rings (SSSR count). The van der Waals surface area contributed by atoms with Crippen LogP contribution >= 0.6 is 0 Å². The molecule has 1 aliphatic rings. The van der Waals surface area contributed by atoms with E-state index in [1.807, 2.05) is 0 Å². The highest BCUT2D eigenvalue weighted by molar-refractivity contribution is 6.00. The van der Waals surface area contributed by atoms with E-state index in [4.69, 9.17) is 0 Å². The zero-order chi connectivity index (χ0) is 15.0. The molecule has 110 valence electrons. The van der Waals surface area contributed by atoms with Crippen molar-refractivity contribution in [2.45, 2.75) is 25.9 Å². The van der Waals surface area contributed by atoms with Crippen LogP contribution < -0.4 is 5.32 Å². The van der Waals surface area contributed by atoms with Gasteiger partial charge in [-0.1, -0.05) is 13.0 Å². The average Bonchev–Trinajstić information content (AvgIpc) is 2.37. The van der Waals surface area contributed by atoms with Gasteiger partial charge in [-0.15, -0.1) is 0 Å². The lowest BCUT2D eigenvalue weighted by Gasteiger charge is -2.32. The van der Waals surface area contributed by atoms with Crippen molar-refractivity contribution < 1.29 is 22.4 Å². The van der Waals surface area contributed by atoms with Crippen molar-refractivity contribution in [3.63, 3.8) is 0 Å². The average molecular weight is 289 g/mol. The molecule has 0 spiro atoms. The lowest BCUT2D eigenvalue weighted by molar-refractivity contribution is -0.140. The van der Waals surface area contributed by atoms with E-state index >= 15 is 0 Å². The van der Waals surface area contributed by atoms with Crippen LogP contribution in [0.5, 0.6) is 0 Å². The molecule has 0 saturated carbocycles. The summed E-state index contributed by atoms with van der Waals surface area (Å²) in [7, 11) is 0. The highest BCUT2D eigenvalue weighted by Gasteiger charge is 2.37. The molecule has 1 fully saturated rings. The van der Waals surface area contributed by atoms with Gasteiger partial charge in [0.05, 0.1) is 5.56 Å². The Morgan fingerprint density at radius 3 is 2.55 bits per heavy atom. The summed E-state index contributed by atoms with van der Waals surface area (Å²) in [4.78, 5) is 12.3. The number of halogens is 4. The number of rotatable bonds is 2. The van der Waals surface area contributed by atoms with Gasteiger partial charge < -0.3 is 5.32 Å². The molecule has 1 atom stereocenters. The quantitative estimate of drug-likeness (QED) is 0.667. The first kappa shape index (κ1) is 15.0. The molecular formula is C14H15F4NO. The Hall–Kier alpha value is -1.43. The maximum Gasteiger partial charge on any atom is 0.419 e. The summed E-state index contributed by atoms with van der Waals surface area (Å²) < 4.78 is 50.9. The normalized spacial score (nSPS) is 23.6. The number of ketones is 1. The smallest absolute Gasteiger partial charge is 0.316 e. The lowest BCUT2D eigenvalue weighted by atomic mass is 9.76. The van der Waals surface area contributed by atoms with Crippen molar-refractivity contribution in [2.24, 2.45) is 5.41 Å². The predicted molar refractivity (Wildman–Crippen MR) is 65.9 cm³/mol. The van der Waals surface area contributed by atoms with Gasteiger partial charge in [0.1, 0.15) is 5.82 Å².